The molecule has 126 valence electrons. The third-order valence-corrected chi connectivity index (χ3v) is 4.63. The van der Waals surface area contributed by atoms with Crippen LogP contribution in [0.25, 0.3) is 0 Å². The fourth-order valence-electron chi connectivity index (χ4n) is 3.51. The van der Waals surface area contributed by atoms with Crippen molar-refractivity contribution in [2.75, 3.05) is 14.2 Å². The van der Waals surface area contributed by atoms with E-state index >= 15 is 0 Å². The molecule has 0 amide bonds. The van der Waals surface area contributed by atoms with Gasteiger partial charge in [-0.3, -0.25) is 0 Å². The molecule has 0 N–H and O–H groups in total. The van der Waals surface area contributed by atoms with E-state index in [1.807, 2.05) is 6.07 Å². The minimum atomic E-state index is -0.320. The van der Waals surface area contributed by atoms with E-state index in [1.54, 1.807) is 20.3 Å². The quantitative estimate of drug-likeness (QED) is 0.798. The van der Waals surface area contributed by atoms with Crippen molar-refractivity contribution in [3.63, 3.8) is 0 Å². The lowest BCUT2D eigenvalue weighted by Gasteiger charge is -2.32. The van der Waals surface area contributed by atoms with Crippen molar-refractivity contribution in [2.45, 2.75) is 57.3 Å². The Kier molecular flexibility index (Phi) is 4.76. The van der Waals surface area contributed by atoms with E-state index < -0.39 is 0 Å². The van der Waals surface area contributed by atoms with Gasteiger partial charge in [0.05, 0.1) is 26.4 Å². The summed E-state index contributed by atoms with van der Waals surface area (Å²) < 4.78 is 22.2. The molecule has 2 aliphatic rings. The molecule has 2 heterocycles. The van der Waals surface area contributed by atoms with Gasteiger partial charge in [0.1, 0.15) is 23.2 Å². The summed E-state index contributed by atoms with van der Waals surface area (Å²) in [5.41, 5.74) is 1.44. The van der Waals surface area contributed by atoms with Crippen molar-refractivity contribution in [3.05, 3.63) is 23.3 Å². The molecule has 3 rings (SSSR count). The molecule has 5 heteroatoms. The Morgan fingerprint density at radius 2 is 2.00 bits per heavy atom. The summed E-state index contributed by atoms with van der Waals surface area (Å²) in [4.78, 5) is 12.4. The Bertz CT molecular complexity index is 583. The van der Waals surface area contributed by atoms with Gasteiger partial charge in [0.25, 0.3) is 0 Å². The number of carbonyl (C=O) groups excluding carboxylic acids is 1. The summed E-state index contributed by atoms with van der Waals surface area (Å²) in [5, 5.41) is 0. The predicted octanol–water partition coefficient (Wildman–Crippen LogP) is 3.13. The van der Waals surface area contributed by atoms with Crippen LogP contribution in [-0.2, 0) is 15.9 Å². The number of esters is 1. The molecule has 0 bridgehead atoms. The van der Waals surface area contributed by atoms with Crippen LogP contribution in [-0.4, -0.2) is 38.5 Å². The Hall–Kier alpha value is -1.75. The lowest BCUT2D eigenvalue weighted by atomic mass is 9.92. The second-order valence-corrected chi connectivity index (χ2v) is 6.33. The largest absolute Gasteiger partial charge is 0.497 e. The first-order valence-electron chi connectivity index (χ1n) is 8.22. The van der Waals surface area contributed by atoms with E-state index in [4.69, 9.17) is 18.9 Å². The van der Waals surface area contributed by atoms with Crippen molar-refractivity contribution < 1.29 is 23.7 Å². The summed E-state index contributed by atoms with van der Waals surface area (Å²) in [5.74, 6) is 0.876. The van der Waals surface area contributed by atoms with Gasteiger partial charge in [-0.1, -0.05) is 0 Å². The standard InChI is InChI=1S/C18H24O5/c1-11-5-4-6-13(22-11)9-15-8-12-7-14(20-2)10-16(21-3)17(12)18(19)23-15/h7,10-11,13,15H,4-6,8-9H2,1-3H3/t11-,13-,15-/m1/s1. The molecular weight excluding hydrogens is 296 g/mol. The molecule has 0 aromatic heterocycles. The molecule has 2 aliphatic heterocycles. The Morgan fingerprint density at radius 1 is 1.17 bits per heavy atom. The zero-order valence-corrected chi connectivity index (χ0v) is 14.0. The minimum Gasteiger partial charge on any atom is -0.497 e. The van der Waals surface area contributed by atoms with Crippen molar-refractivity contribution >= 4 is 5.97 Å². The topological polar surface area (TPSA) is 54.0 Å². The third-order valence-electron chi connectivity index (χ3n) is 4.63. The first-order valence-corrected chi connectivity index (χ1v) is 8.22. The summed E-state index contributed by atoms with van der Waals surface area (Å²) in [6.45, 7) is 2.10. The second-order valence-electron chi connectivity index (χ2n) is 6.33. The van der Waals surface area contributed by atoms with Gasteiger partial charge >= 0.3 is 5.97 Å². The number of hydrogen-bond donors (Lipinski definition) is 0. The molecule has 1 aromatic carbocycles. The van der Waals surface area contributed by atoms with Crippen molar-refractivity contribution in [3.8, 4) is 11.5 Å². The normalized spacial score (nSPS) is 27.1. The smallest absolute Gasteiger partial charge is 0.342 e. The molecule has 23 heavy (non-hydrogen) atoms. The number of methoxy groups -OCH3 is 2. The lowest BCUT2D eigenvalue weighted by Crippen LogP contribution is -2.34. The first-order chi connectivity index (χ1) is 11.1. The van der Waals surface area contributed by atoms with Gasteiger partial charge in [-0.15, -0.1) is 0 Å². The van der Waals surface area contributed by atoms with Gasteiger partial charge in [0.2, 0.25) is 0 Å². The molecule has 0 spiro atoms. The number of rotatable bonds is 4. The van der Waals surface area contributed by atoms with E-state index in [0.29, 0.717) is 29.6 Å². The van der Waals surface area contributed by atoms with Gasteiger partial charge in [-0.2, -0.15) is 0 Å². The zero-order chi connectivity index (χ0) is 16.4. The number of ether oxygens (including phenoxy) is 4. The van der Waals surface area contributed by atoms with Crippen LogP contribution in [0.4, 0.5) is 0 Å². The van der Waals surface area contributed by atoms with Crippen molar-refractivity contribution in [1.29, 1.82) is 0 Å². The Morgan fingerprint density at radius 3 is 2.70 bits per heavy atom. The van der Waals surface area contributed by atoms with Gasteiger partial charge < -0.3 is 18.9 Å². The maximum absolute atomic E-state index is 12.4. The molecule has 0 radical (unpaired) electrons. The number of benzene rings is 1. The van der Waals surface area contributed by atoms with Gasteiger partial charge in [0.15, 0.2) is 0 Å². The lowest BCUT2D eigenvalue weighted by molar-refractivity contribution is -0.0647. The van der Waals surface area contributed by atoms with Gasteiger partial charge in [0, 0.05) is 18.9 Å². The third kappa shape index (κ3) is 3.44. The van der Waals surface area contributed by atoms with Crippen LogP contribution in [0.1, 0.15) is 48.5 Å². The molecule has 0 unspecified atom stereocenters. The number of cyclic esters (lactones) is 1. The van der Waals surface area contributed by atoms with E-state index in [9.17, 15) is 4.79 Å². The zero-order valence-electron chi connectivity index (χ0n) is 14.0. The first kappa shape index (κ1) is 16.1. The van der Waals surface area contributed by atoms with Crippen LogP contribution in [0, 0.1) is 0 Å². The van der Waals surface area contributed by atoms with Crippen molar-refractivity contribution in [1.82, 2.24) is 0 Å². The molecule has 1 aromatic rings. The average molecular weight is 320 g/mol. The second kappa shape index (κ2) is 6.79. The fourth-order valence-corrected chi connectivity index (χ4v) is 3.51. The van der Waals surface area contributed by atoms with E-state index in [2.05, 4.69) is 6.92 Å². The highest BCUT2D eigenvalue weighted by atomic mass is 16.6. The van der Waals surface area contributed by atoms with Crippen LogP contribution in [0.2, 0.25) is 0 Å². The molecule has 5 nitrogen and oxygen atoms in total. The highest BCUT2D eigenvalue weighted by Gasteiger charge is 2.33. The summed E-state index contributed by atoms with van der Waals surface area (Å²) >= 11 is 0. The Balaban J connectivity index is 1.78. The average Bonchev–Trinajstić information content (AvgIpc) is 2.53. The molecule has 3 atom stereocenters. The fraction of sp³-hybridized carbons (Fsp3) is 0.611. The number of carbonyl (C=O) groups is 1. The van der Waals surface area contributed by atoms with Crippen LogP contribution >= 0.6 is 0 Å². The highest BCUT2D eigenvalue weighted by Crippen LogP contribution is 2.35. The van der Waals surface area contributed by atoms with Crippen LogP contribution in [0.15, 0.2) is 12.1 Å². The molecular formula is C18H24O5. The maximum Gasteiger partial charge on any atom is 0.342 e. The molecule has 0 aliphatic carbocycles. The van der Waals surface area contributed by atoms with Crippen LogP contribution < -0.4 is 9.47 Å². The number of fused-ring (bicyclic) bond motifs is 1. The molecule has 0 saturated carbocycles. The van der Waals surface area contributed by atoms with Crippen molar-refractivity contribution in [2.24, 2.45) is 0 Å². The SMILES string of the molecule is COc1cc2c(c(OC)c1)C(=O)O[C@@H](C[C@H]1CCC[C@@H](C)O1)C2. The Labute approximate surface area is 136 Å². The van der Waals surface area contributed by atoms with E-state index in [1.165, 1.54) is 6.42 Å². The van der Waals surface area contributed by atoms with E-state index in [-0.39, 0.29) is 18.2 Å². The van der Waals surface area contributed by atoms with E-state index in [0.717, 1.165) is 24.8 Å². The summed E-state index contributed by atoms with van der Waals surface area (Å²) in [6.07, 6.45) is 5.04. The van der Waals surface area contributed by atoms with Gasteiger partial charge in [-0.25, -0.2) is 4.79 Å². The minimum absolute atomic E-state index is 0.151. The predicted molar refractivity (Wildman–Crippen MR) is 85.3 cm³/mol. The molecule has 1 fully saturated rings. The molecule has 1 saturated heterocycles. The summed E-state index contributed by atoms with van der Waals surface area (Å²) in [6, 6.07) is 3.61. The highest BCUT2D eigenvalue weighted by molar-refractivity contribution is 5.95. The van der Waals surface area contributed by atoms with Crippen LogP contribution in [0.5, 0.6) is 11.5 Å². The summed E-state index contributed by atoms with van der Waals surface area (Å²) in [7, 11) is 3.16. The number of hydrogen-bond acceptors (Lipinski definition) is 5. The monoisotopic (exact) mass is 320 g/mol. The maximum atomic E-state index is 12.4. The van der Waals surface area contributed by atoms with Crippen LogP contribution in [0.3, 0.4) is 0 Å². The van der Waals surface area contributed by atoms with Gasteiger partial charge in [-0.05, 0) is 37.8 Å².